The number of ether oxygens (including phenoxy) is 1. The number of thioether (sulfide) groups is 1. The molecular weight excluding hydrogens is 354 g/mol. The molecule has 0 aliphatic carbocycles. The van der Waals surface area contributed by atoms with Crippen LogP contribution in [0.25, 0.3) is 0 Å². The second-order valence-corrected chi connectivity index (χ2v) is 6.25. The fourth-order valence-electron chi connectivity index (χ4n) is 1.79. The quantitative estimate of drug-likeness (QED) is 0.497. The summed E-state index contributed by atoms with van der Waals surface area (Å²) in [7, 11) is 1.81. The Hall–Kier alpha value is -1.47. The highest BCUT2D eigenvalue weighted by atomic mass is 79.9. The van der Waals surface area contributed by atoms with E-state index in [4.69, 9.17) is 10.5 Å². The molecule has 2 aromatic rings. The Kier molecular flexibility index (Phi) is 5.30. The van der Waals surface area contributed by atoms with Crippen LogP contribution in [0.4, 0.5) is 5.69 Å². The predicted octanol–water partition coefficient (Wildman–Crippen LogP) is 3.23. The van der Waals surface area contributed by atoms with Gasteiger partial charge in [-0.2, -0.15) is 5.10 Å². The fraction of sp³-hybridized carbons (Fsp3) is 0.286. The summed E-state index contributed by atoms with van der Waals surface area (Å²) in [4.78, 5) is 12.9. The summed E-state index contributed by atoms with van der Waals surface area (Å²) in [5, 5.41) is 4.13. The van der Waals surface area contributed by atoms with Crippen LogP contribution in [0.15, 0.2) is 33.8 Å². The van der Waals surface area contributed by atoms with E-state index < -0.39 is 0 Å². The number of esters is 1. The van der Waals surface area contributed by atoms with Gasteiger partial charge in [-0.05, 0) is 25.1 Å². The Morgan fingerprint density at radius 3 is 3.00 bits per heavy atom. The maximum Gasteiger partial charge on any atom is 0.341 e. The summed E-state index contributed by atoms with van der Waals surface area (Å²) in [6.07, 6.45) is 1.54. The first-order valence-electron chi connectivity index (χ1n) is 6.38. The maximum absolute atomic E-state index is 11.9. The van der Waals surface area contributed by atoms with Crippen molar-refractivity contribution in [3.05, 3.63) is 40.1 Å². The van der Waals surface area contributed by atoms with Gasteiger partial charge in [0.2, 0.25) is 0 Å². The van der Waals surface area contributed by atoms with E-state index in [1.807, 2.05) is 25.2 Å². The van der Waals surface area contributed by atoms with Crippen molar-refractivity contribution in [2.75, 3.05) is 12.3 Å². The first kappa shape index (κ1) is 15.9. The standard InChI is InChI=1S/C14H16BrN3O2S/c1-3-20-14(19)10-7-17-18(2)12(10)8-21-13-6-9(15)4-5-11(13)16/h4-7H,3,8,16H2,1-2H3. The van der Waals surface area contributed by atoms with E-state index in [9.17, 15) is 4.79 Å². The van der Waals surface area contributed by atoms with Gasteiger partial charge in [-0.15, -0.1) is 11.8 Å². The largest absolute Gasteiger partial charge is 0.462 e. The molecule has 0 amide bonds. The van der Waals surface area contributed by atoms with Crippen LogP contribution in [0.2, 0.25) is 0 Å². The molecule has 7 heteroatoms. The van der Waals surface area contributed by atoms with Gasteiger partial charge in [0.05, 0.1) is 18.5 Å². The molecule has 0 aliphatic heterocycles. The highest BCUT2D eigenvalue weighted by molar-refractivity contribution is 9.10. The number of carbonyl (C=O) groups is 1. The monoisotopic (exact) mass is 369 g/mol. The molecule has 0 spiro atoms. The molecule has 0 fully saturated rings. The number of hydrogen-bond acceptors (Lipinski definition) is 5. The van der Waals surface area contributed by atoms with Crippen molar-refractivity contribution in [1.29, 1.82) is 0 Å². The molecule has 21 heavy (non-hydrogen) atoms. The van der Waals surface area contributed by atoms with Gasteiger partial charge in [0.1, 0.15) is 5.56 Å². The van der Waals surface area contributed by atoms with Gasteiger partial charge in [0.25, 0.3) is 0 Å². The number of benzene rings is 1. The molecule has 0 bridgehead atoms. The molecule has 2 N–H and O–H groups in total. The van der Waals surface area contributed by atoms with Gasteiger partial charge in [-0.25, -0.2) is 4.79 Å². The van der Waals surface area contributed by atoms with E-state index in [-0.39, 0.29) is 5.97 Å². The molecule has 1 aromatic heterocycles. The Balaban J connectivity index is 2.18. The van der Waals surface area contributed by atoms with Crippen molar-refractivity contribution in [2.45, 2.75) is 17.6 Å². The van der Waals surface area contributed by atoms with Gasteiger partial charge in [0.15, 0.2) is 0 Å². The average molecular weight is 370 g/mol. The van der Waals surface area contributed by atoms with E-state index in [2.05, 4.69) is 21.0 Å². The van der Waals surface area contributed by atoms with Gasteiger partial charge in [-0.3, -0.25) is 4.68 Å². The Morgan fingerprint density at radius 1 is 1.52 bits per heavy atom. The number of nitrogens with two attached hydrogens (primary N) is 1. The smallest absolute Gasteiger partial charge is 0.341 e. The lowest BCUT2D eigenvalue weighted by molar-refractivity contribution is 0.0525. The average Bonchev–Trinajstić information content (AvgIpc) is 2.81. The second kappa shape index (κ2) is 7.00. The van der Waals surface area contributed by atoms with Crippen LogP contribution in [0.3, 0.4) is 0 Å². The van der Waals surface area contributed by atoms with Crippen LogP contribution < -0.4 is 5.73 Å². The van der Waals surface area contributed by atoms with Gasteiger partial charge in [-0.1, -0.05) is 15.9 Å². The van der Waals surface area contributed by atoms with Crippen molar-refractivity contribution in [3.8, 4) is 0 Å². The molecule has 0 atom stereocenters. The summed E-state index contributed by atoms with van der Waals surface area (Å²) >= 11 is 4.99. The van der Waals surface area contributed by atoms with E-state index in [1.54, 1.807) is 23.4 Å². The Morgan fingerprint density at radius 2 is 2.29 bits per heavy atom. The molecule has 0 aliphatic rings. The number of aryl methyl sites for hydroxylation is 1. The van der Waals surface area contributed by atoms with E-state index >= 15 is 0 Å². The summed E-state index contributed by atoms with van der Waals surface area (Å²) in [5.74, 6) is 0.245. The third-order valence-electron chi connectivity index (χ3n) is 2.90. The zero-order valence-corrected chi connectivity index (χ0v) is 14.2. The van der Waals surface area contributed by atoms with Crippen LogP contribution in [0.1, 0.15) is 23.0 Å². The van der Waals surface area contributed by atoms with Crippen molar-refractivity contribution in [3.63, 3.8) is 0 Å². The fourth-order valence-corrected chi connectivity index (χ4v) is 3.38. The number of nitrogens with zero attached hydrogens (tertiary/aromatic N) is 2. The maximum atomic E-state index is 11.9. The number of nitrogen functional groups attached to an aromatic ring is 1. The predicted molar refractivity (Wildman–Crippen MR) is 87.3 cm³/mol. The van der Waals surface area contributed by atoms with Crippen LogP contribution in [-0.4, -0.2) is 22.4 Å². The number of aromatic nitrogens is 2. The van der Waals surface area contributed by atoms with E-state index in [1.165, 1.54) is 6.20 Å². The van der Waals surface area contributed by atoms with Crippen molar-refractivity contribution in [1.82, 2.24) is 9.78 Å². The topological polar surface area (TPSA) is 70.1 Å². The minimum Gasteiger partial charge on any atom is -0.462 e. The molecular formula is C14H16BrN3O2S. The minimum atomic E-state index is -0.344. The molecule has 0 unspecified atom stereocenters. The van der Waals surface area contributed by atoms with E-state index in [0.717, 1.165) is 15.1 Å². The highest BCUT2D eigenvalue weighted by Gasteiger charge is 2.17. The summed E-state index contributed by atoms with van der Waals surface area (Å²) in [5.41, 5.74) is 7.99. The van der Waals surface area contributed by atoms with Crippen LogP contribution >= 0.6 is 27.7 Å². The zero-order valence-electron chi connectivity index (χ0n) is 11.8. The Labute approximate surface area is 136 Å². The third kappa shape index (κ3) is 3.79. The molecule has 1 aromatic carbocycles. The minimum absolute atomic E-state index is 0.344. The summed E-state index contributed by atoms with van der Waals surface area (Å²) in [6.45, 7) is 2.13. The summed E-state index contributed by atoms with van der Waals surface area (Å²) in [6, 6.07) is 5.70. The number of hydrogen-bond donors (Lipinski definition) is 1. The number of rotatable bonds is 5. The highest BCUT2D eigenvalue weighted by Crippen LogP contribution is 2.31. The first-order chi connectivity index (χ1) is 10.0. The van der Waals surface area contributed by atoms with Gasteiger partial charge < -0.3 is 10.5 Å². The number of carbonyl (C=O) groups excluding carboxylic acids is 1. The molecule has 0 saturated carbocycles. The Bertz CT molecular complexity index is 658. The molecule has 0 saturated heterocycles. The lowest BCUT2D eigenvalue weighted by Crippen LogP contribution is -2.08. The van der Waals surface area contributed by atoms with Gasteiger partial charge >= 0.3 is 5.97 Å². The van der Waals surface area contributed by atoms with Crippen molar-refractivity contribution in [2.24, 2.45) is 7.05 Å². The number of anilines is 1. The summed E-state index contributed by atoms with van der Waals surface area (Å²) < 4.78 is 7.70. The molecule has 5 nitrogen and oxygen atoms in total. The molecule has 112 valence electrons. The molecule has 2 rings (SSSR count). The van der Waals surface area contributed by atoms with E-state index in [0.29, 0.717) is 23.6 Å². The first-order valence-corrected chi connectivity index (χ1v) is 8.16. The zero-order chi connectivity index (χ0) is 15.4. The SMILES string of the molecule is CCOC(=O)c1cnn(C)c1CSc1cc(Br)ccc1N. The molecule has 0 radical (unpaired) electrons. The van der Waals surface area contributed by atoms with Crippen molar-refractivity contribution < 1.29 is 9.53 Å². The second-order valence-electron chi connectivity index (χ2n) is 4.32. The van der Waals surface area contributed by atoms with Crippen LogP contribution in [0, 0.1) is 0 Å². The number of halogens is 1. The lowest BCUT2D eigenvalue weighted by Gasteiger charge is -2.08. The molecule has 1 heterocycles. The van der Waals surface area contributed by atoms with Crippen molar-refractivity contribution >= 4 is 39.3 Å². The van der Waals surface area contributed by atoms with Crippen LogP contribution in [-0.2, 0) is 17.5 Å². The van der Waals surface area contributed by atoms with Crippen LogP contribution in [0.5, 0.6) is 0 Å². The normalized spacial score (nSPS) is 10.6. The third-order valence-corrected chi connectivity index (χ3v) is 4.47. The lowest BCUT2D eigenvalue weighted by atomic mass is 10.3. The van der Waals surface area contributed by atoms with Gasteiger partial charge in [0, 0.05) is 27.9 Å².